The van der Waals surface area contributed by atoms with Gasteiger partial charge in [-0.15, -0.1) is 5.92 Å². The van der Waals surface area contributed by atoms with Crippen LogP contribution in [0.25, 0.3) is 0 Å². The molecule has 0 heteroatoms. The van der Waals surface area contributed by atoms with Crippen LogP contribution in [-0.4, -0.2) is 0 Å². The molecule has 0 N–H and O–H groups in total. The fraction of sp³-hybridized carbons (Fsp3) is 0.500. The van der Waals surface area contributed by atoms with Crippen LogP contribution in [0.1, 0.15) is 26.7 Å². The van der Waals surface area contributed by atoms with E-state index in [4.69, 9.17) is 0 Å². The minimum absolute atomic E-state index is 1.15. The molecule has 0 aliphatic rings. The predicted molar refractivity (Wildman–Crippen MR) is 37.5 cm³/mol. The second kappa shape index (κ2) is 6.30. The Morgan fingerprint density at radius 2 is 2.25 bits per heavy atom. The third-order valence-corrected chi connectivity index (χ3v) is 0.801. The Kier molecular flexibility index (Phi) is 5.75. The van der Waals surface area contributed by atoms with E-state index in [1.807, 2.05) is 13.0 Å². The maximum atomic E-state index is 2.85. The highest BCUT2D eigenvalue weighted by atomic mass is 13.7. The monoisotopic (exact) mass is 108 g/mol. The molecule has 8 heavy (non-hydrogen) atoms. The van der Waals surface area contributed by atoms with E-state index < -0.39 is 0 Å². The van der Waals surface area contributed by atoms with Gasteiger partial charge >= 0.3 is 0 Å². The fourth-order valence-corrected chi connectivity index (χ4v) is 0.392. The van der Waals surface area contributed by atoms with Crippen LogP contribution >= 0.6 is 0 Å². The second-order valence-corrected chi connectivity index (χ2v) is 1.59. The molecule has 0 aromatic heterocycles. The van der Waals surface area contributed by atoms with Gasteiger partial charge in [-0.05, 0) is 19.4 Å². The zero-order valence-corrected chi connectivity index (χ0v) is 5.57. The van der Waals surface area contributed by atoms with E-state index >= 15 is 0 Å². The highest BCUT2D eigenvalue weighted by Crippen LogP contribution is 1.85. The molecule has 0 aliphatic carbocycles. The first-order chi connectivity index (χ1) is 3.91. The molecular weight excluding hydrogens is 96.1 g/mol. The number of rotatable bonds is 2. The molecular formula is C8H12. The lowest BCUT2D eigenvalue weighted by atomic mass is 10.3. The molecule has 0 heterocycles. The Hall–Kier alpha value is -0.700. The van der Waals surface area contributed by atoms with Crippen molar-refractivity contribution in [2.24, 2.45) is 0 Å². The van der Waals surface area contributed by atoms with E-state index in [0.29, 0.717) is 0 Å². The molecule has 0 atom stereocenters. The molecule has 0 saturated carbocycles. The van der Waals surface area contributed by atoms with Crippen molar-refractivity contribution >= 4 is 0 Å². The molecule has 0 nitrogen and oxygen atoms in total. The van der Waals surface area contributed by atoms with Gasteiger partial charge in [-0.3, -0.25) is 0 Å². The topological polar surface area (TPSA) is 0 Å². The van der Waals surface area contributed by atoms with E-state index in [0.717, 1.165) is 6.42 Å². The summed E-state index contributed by atoms with van der Waals surface area (Å²) in [7, 11) is 0. The number of unbranched alkanes of at least 4 members (excludes halogenated alkanes) is 1. The maximum absolute atomic E-state index is 2.85. The summed E-state index contributed by atoms with van der Waals surface area (Å²) >= 11 is 0. The molecule has 0 saturated heterocycles. The van der Waals surface area contributed by atoms with Crippen LogP contribution in [0, 0.1) is 11.8 Å². The summed E-state index contributed by atoms with van der Waals surface area (Å²) in [4.78, 5) is 0. The smallest absolute Gasteiger partial charge is 0.00235 e. The van der Waals surface area contributed by atoms with Gasteiger partial charge in [0.1, 0.15) is 0 Å². The van der Waals surface area contributed by atoms with Crippen molar-refractivity contribution in [1.82, 2.24) is 0 Å². The molecule has 44 valence electrons. The van der Waals surface area contributed by atoms with Gasteiger partial charge in [0.15, 0.2) is 0 Å². The normalized spacial score (nSPS) is 8.75. The van der Waals surface area contributed by atoms with Gasteiger partial charge in [-0.1, -0.05) is 25.3 Å². The largest absolute Gasteiger partial charge is 0.102 e. The molecule has 0 radical (unpaired) electrons. The summed E-state index contributed by atoms with van der Waals surface area (Å²) in [6.07, 6.45) is 6.36. The van der Waals surface area contributed by atoms with E-state index in [9.17, 15) is 0 Å². The summed E-state index contributed by atoms with van der Waals surface area (Å²) in [6, 6.07) is 0. The van der Waals surface area contributed by atoms with Crippen LogP contribution < -0.4 is 0 Å². The number of hydrogen-bond acceptors (Lipinski definition) is 0. The van der Waals surface area contributed by atoms with Crippen LogP contribution in [0.2, 0.25) is 0 Å². The molecule has 0 aliphatic heterocycles. The summed E-state index contributed by atoms with van der Waals surface area (Å²) in [5, 5.41) is 0. The second-order valence-electron chi connectivity index (χ2n) is 1.59. The van der Waals surface area contributed by atoms with Gasteiger partial charge in [-0.25, -0.2) is 0 Å². The van der Waals surface area contributed by atoms with Gasteiger partial charge in [0.05, 0.1) is 0 Å². The molecule has 0 aromatic rings. The SMILES string of the molecule is CC#C/C=C/CCC. The molecule has 0 unspecified atom stereocenters. The van der Waals surface area contributed by atoms with Gasteiger partial charge < -0.3 is 0 Å². The first-order valence-electron chi connectivity index (χ1n) is 2.99. The molecule has 0 spiro atoms. The standard InChI is InChI=1S/C8H12/c1-3-5-7-8-6-4-2/h7-8H,3,5H2,1-2H3/b8-7+. The fourth-order valence-electron chi connectivity index (χ4n) is 0.392. The molecule has 0 bridgehead atoms. The number of allylic oxidation sites excluding steroid dienone is 2. The van der Waals surface area contributed by atoms with Crippen molar-refractivity contribution < 1.29 is 0 Å². The first kappa shape index (κ1) is 7.30. The summed E-state index contributed by atoms with van der Waals surface area (Å²) in [5.74, 6) is 5.64. The minimum atomic E-state index is 1.15. The highest BCUT2D eigenvalue weighted by Gasteiger charge is 1.66. The van der Waals surface area contributed by atoms with Crippen molar-refractivity contribution in [3.63, 3.8) is 0 Å². The minimum Gasteiger partial charge on any atom is -0.102 e. The van der Waals surface area contributed by atoms with Crippen molar-refractivity contribution in [3.05, 3.63) is 12.2 Å². The van der Waals surface area contributed by atoms with Gasteiger partial charge in [0.2, 0.25) is 0 Å². The van der Waals surface area contributed by atoms with E-state index in [1.165, 1.54) is 6.42 Å². The van der Waals surface area contributed by atoms with Crippen molar-refractivity contribution in [3.8, 4) is 11.8 Å². The number of hydrogen-bond donors (Lipinski definition) is 0. The van der Waals surface area contributed by atoms with Crippen LogP contribution in [0.3, 0.4) is 0 Å². The summed E-state index contributed by atoms with van der Waals surface area (Å²) < 4.78 is 0. The zero-order valence-electron chi connectivity index (χ0n) is 5.57. The lowest BCUT2D eigenvalue weighted by molar-refractivity contribution is 0.959. The molecule has 0 rings (SSSR count). The Morgan fingerprint density at radius 1 is 1.50 bits per heavy atom. The van der Waals surface area contributed by atoms with Crippen LogP contribution in [0.15, 0.2) is 12.2 Å². The summed E-state index contributed by atoms with van der Waals surface area (Å²) in [6.45, 7) is 4.00. The highest BCUT2D eigenvalue weighted by molar-refractivity contribution is 5.13. The Bertz CT molecular complexity index is 110. The van der Waals surface area contributed by atoms with Crippen LogP contribution in [0.4, 0.5) is 0 Å². The van der Waals surface area contributed by atoms with Crippen molar-refractivity contribution in [1.29, 1.82) is 0 Å². The lowest BCUT2D eigenvalue weighted by Crippen LogP contribution is -1.57. The predicted octanol–water partition coefficient (Wildman–Crippen LogP) is 2.37. The molecule has 0 amide bonds. The third kappa shape index (κ3) is 5.30. The van der Waals surface area contributed by atoms with E-state index in [2.05, 4.69) is 24.8 Å². The van der Waals surface area contributed by atoms with Crippen LogP contribution in [0.5, 0.6) is 0 Å². The lowest BCUT2D eigenvalue weighted by Gasteiger charge is -1.76. The Morgan fingerprint density at radius 3 is 2.75 bits per heavy atom. The van der Waals surface area contributed by atoms with Gasteiger partial charge in [0, 0.05) is 0 Å². The van der Waals surface area contributed by atoms with Crippen LogP contribution in [-0.2, 0) is 0 Å². The average Bonchev–Trinajstić information content (AvgIpc) is 1.81. The first-order valence-corrected chi connectivity index (χ1v) is 2.99. The van der Waals surface area contributed by atoms with E-state index in [-0.39, 0.29) is 0 Å². The average molecular weight is 108 g/mol. The maximum Gasteiger partial charge on any atom is -0.00235 e. The van der Waals surface area contributed by atoms with Crippen molar-refractivity contribution in [2.45, 2.75) is 26.7 Å². The van der Waals surface area contributed by atoms with Gasteiger partial charge in [-0.2, -0.15) is 0 Å². The third-order valence-electron chi connectivity index (χ3n) is 0.801. The molecule has 0 fully saturated rings. The Labute approximate surface area is 51.6 Å². The molecule has 0 aromatic carbocycles. The quantitative estimate of drug-likeness (QED) is 0.476. The van der Waals surface area contributed by atoms with Gasteiger partial charge in [0.25, 0.3) is 0 Å². The zero-order chi connectivity index (χ0) is 6.24. The van der Waals surface area contributed by atoms with E-state index in [1.54, 1.807) is 0 Å². The Balaban J connectivity index is 3.16. The van der Waals surface area contributed by atoms with Crippen molar-refractivity contribution in [2.75, 3.05) is 0 Å². The summed E-state index contributed by atoms with van der Waals surface area (Å²) in [5.41, 5.74) is 0.